The molecule has 0 spiro atoms. The molecule has 0 aliphatic rings. The van der Waals surface area contributed by atoms with Gasteiger partial charge in [0.05, 0.1) is 16.8 Å². The molecule has 0 unspecified atom stereocenters. The van der Waals surface area contributed by atoms with Crippen LogP contribution in [0.1, 0.15) is 75.7 Å². The summed E-state index contributed by atoms with van der Waals surface area (Å²) in [6.07, 6.45) is 0.995. The molecule has 3 nitrogen and oxygen atoms in total. The van der Waals surface area contributed by atoms with Crippen LogP contribution in [0.25, 0.3) is 0 Å². The van der Waals surface area contributed by atoms with E-state index >= 15 is 0 Å². The minimum atomic E-state index is -2.70. The molecular weight excluding hydrogens is 256 g/mol. The van der Waals surface area contributed by atoms with Crippen LogP contribution in [0.2, 0.25) is 6.04 Å². The van der Waals surface area contributed by atoms with Crippen LogP contribution in [0, 0.1) is 0 Å². The van der Waals surface area contributed by atoms with E-state index in [0.29, 0.717) is 0 Å². The molecule has 0 saturated heterocycles. The lowest BCUT2D eigenvalue weighted by molar-refractivity contribution is -0.0752. The van der Waals surface area contributed by atoms with Crippen molar-refractivity contribution in [3.8, 4) is 0 Å². The van der Waals surface area contributed by atoms with Gasteiger partial charge in [-0.25, -0.2) is 0 Å². The third-order valence-corrected chi connectivity index (χ3v) is 5.82. The van der Waals surface area contributed by atoms with Crippen molar-refractivity contribution in [3.05, 3.63) is 0 Å². The fraction of sp³-hybridized carbons (Fsp3) is 1.00. The molecule has 0 fully saturated rings. The lowest BCUT2D eigenvalue weighted by Gasteiger charge is -2.43. The zero-order valence-electron chi connectivity index (χ0n) is 14.6. The predicted octanol–water partition coefficient (Wildman–Crippen LogP) is 4.78. The Morgan fingerprint density at radius 1 is 0.632 bits per heavy atom. The first-order valence-corrected chi connectivity index (χ1v) is 9.22. The van der Waals surface area contributed by atoms with Gasteiger partial charge in [-0.2, -0.15) is 0 Å². The molecule has 0 aromatic heterocycles. The smallest absolute Gasteiger partial charge is 0.368 e. The molecule has 0 aliphatic heterocycles. The maximum absolute atomic E-state index is 6.31. The van der Waals surface area contributed by atoms with E-state index in [0.717, 1.165) is 12.5 Å². The highest BCUT2D eigenvalue weighted by Crippen LogP contribution is 2.32. The van der Waals surface area contributed by atoms with Gasteiger partial charge in [0.1, 0.15) is 0 Å². The lowest BCUT2D eigenvalue weighted by Crippen LogP contribution is -2.57. The van der Waals surface area contributed by atoms with Crippen LogP contribution in [0.4, 0.5) is 0 Å². The SMILES string of the molecule is CCC[Si](OC(C)(C)C)(OC(C)(C)C)OC(C)(C)C. The Labute approximate surface area is 121 Å². The molecule has 0 radical (unpaired) electrons. The molecule has 0 saturated carbocycles. The van der Waals surface area contributed by atoms with Gasteiger partial charge in [-0.1, -0.05) is 13.3 Å². The Balaban J connectivity index is 5.34. The van der Waals surface area contributed by atoms with Crippen LogP contribution in [0.5, 0.6) is 0 Å². The monoisotopic (exact) mass is 290 g/mol. The molecule has 116 valence electrons. The minimum absolute atomic E-state index is 0.266. The topological polar surface area (TPSA) is 27.7 Å². The van der Waals surface area contributed by atoms with Gasteiger partial charge in [0.15, 0.2) is 0 Å². The molecule has 0 bridgehead atoms. The number of rotatable bonds is 5. The average Bonchev–Trinajstić information content (AvgIpc) is 1.90. The van der Waals surface area contributed by atoms with Gasteiger partial charge in [0.2, 0.25) is 0 Å². The van der Waals surface area contributed by atoms with Crippen LogP contribution in [0.3, 0.4) is 0 Å². The Bertz CT molecular complexity index is 228. The first-order valence-electron chi connectivity index (χ1n) is 7.29. The quantitative estimate of drug-likeness (QED) is 0.682. The van der Waals surface area contributed by atoms with E-state index in [1.165, 1.54) is 0 Å². The fourth-order valence-corrected chi connectivity index (χ4v) is 5.76. The Morgan fingerprint density at radius 3 is 1.05 bits per heavy atom. The van der Waals surface area contributed by atoms with E-state index in [1.54, 1.807) is 0 Å². The summed E-state index contributed by atoms with van der Waals surface area (Å²) < 4.78 is 18.9. The first-order chi connectivity index (χ1) is 8.18. The third-order valence-electron chi connectivity index (χ3n) is 1.94. The maximum atomic E-state index is 6.31. The van der Waals surface area contributed by atoms with Gasteiger partial charge in [-0.05, 0) is 62.3 Å². The minimum Gasteiger partial charge on any atom is -0.368 e. The van der Waals surface area contributed by atoms with Gasteiger partial charge < -0.3 is 13.3 Å². The predicted molar refractivity (Wildman–Crippen MR) is 83.4 cm³/mol. The van der Waals surface area contributed by atoms with E-state index < -0.39 is 8.80 Å². The van der Waals surface area contributed by atoms with Crippen LogP contribution in [-0.2, 0) is 13.3 Å². The van der Waals surface area contributed by atoms with Crippen LogP contribution < -0.4 is 0 Å². The molecular formula is C15H34O3Si. The second-order valence-electron chi connectivity index (χ2n) is 8.08. The molecule has 4 heteroatoms. The average molecular weight is 291 g/mol. The summed E-state index contributed by atoms with van der Waals surface area (Å²) in [6, 6.07) is 0.846. The standard InChI is InChI=1S/C15H34O3Si/c1-11-12-19(16-13(2,3)4,17-14(5,6)7)18-15(8,9)10/h11-12H2,1-10H3. The highest BCUT2D eigenvalue weighted by molar-refractivity contribution is 6.61. The summed E-state index contributed by atoms with van der Waals surface area (Å²) in [5, 5.41) is 0. The van der Waals surface area contributed by atoms with E-state index in [1.807, 2.05) is 0 Å². The summed E-state index contributed by atoms with van der Waals surface area (Å²) >= 11 is 0. The second-order valence-corrected chi connectivity index (χ2v) is 10.6. The maximum Gasteiger partial charge on any atom is 0.502 e. The summed E-state index contributed by atoms with van der Waals surface area (Å²) in [4.78, 5) is 0. The zero-order chi connectivity index (χ0) is 15.5. The van der Waals surface area contributed by atoms with Crippen molar-refractivity contribution in [2.75, 3.05) is 0 Å². The van der Waals surface area contributed by atoms with Crippen molar-refractivity contribution in [1.82, 2.24) is 0 Å². The Hall–Kier alpha value is 0.0969. The van der Waals surface area contributed by atoms with Gasteiger partial charge in [0.25, 0.3) is 0 Å². The fourth-order valence-electron chi connectivity index (χ4n) is 1.92. The lowest BCUT2D eigenvalue weighted by atomic mass is 10.2. The van der Waals surface area contributed by atoms with Gasteiger partial charge >= 0.3 is 8.80 Å². The zero-order valence-corrected chi connectivity index (χ0v) is 15.6. The van der Waals surface area contributed by atoms with Gasteiger partial charge in [-0.3, -0.25) is 0 Å². The highest BCUT2D eigenvalue weighted by atomic mass is 28.4. The van der Waals surface area contributed by atoms with Crippen LogP contribution >= 0.6 is 0 Å². The Morgan fingerprint density at radius 2 is 0.895 bits per heavy atom. The molecule has 0 heterocycles. The van der Waals surface area contributed by atoms with Gasteiger partial charge in [-0.15, -0.1) is 0 Å². The molecule has 0 rings (SSSR count). The summed E-state index contributed by atoms with van der Waals surface area (Å²) in [7, 11) is -2.70. The van der Waals surface area contributed by atoms with Crippen molar-refractivity contribution in [3.63, 3.8) is 0 Å². The van der Waals surface area contributed by atoms with Crippen LogP contribution in [0.15, 0.2) is 0 Å². The summed E-state index contributed by atoms with van der Waals surface area (Å²) in [6.45, 7) is 20.7. The number of hydrogen-bond donors (Lipinski definition) is 0. The van der Waals surface area contributed by atoms with Crippen LogP contribution in [-0.4, -0.2) is 25.6 Å². The summed E-state index contributed by atoms with van der Waals surface area (Å²) in [5.41, 5.74) is -0.798. The van der Waals surface area contributed by atoms with E-state index in [-0.39, 0.29) is 16.8 Å². The largest absolute Gasteiger partial charge is 0.502 e. The first kappa shape index (κ1) is 19.1. The van der Waals surface area contributed by atoms with E-state index in [9.17, 15) is 0 Å². The van der Waals surface area contributed by atoms with E-state index in [2.05, 4.69) is 69.2 Å². The molecule has 0 N–H and O–H groups in total. The molecule has 0 aromatic carbocycles. The molecule has 19 heavy (non-hydrogen) atoms. The number of hydrogen-bond acceptors (Lipinski definition) is 3. The van der Waals surface area contributed by atoms with Crippen molar-refractivity contribution < 1.29 is 13.3 Å². The van der Waals surface area contributed by atoms with Crippen molar-refractivity contribution in [1.29, 1.82) is 0 Å². The summed E-state index contributed by atoms with van der Waals surface area (Å²) in [5.74, 6) is 0. The van der Waals surface area contributed by atoms with Gasteiger partial charge in [0, 0.05) is 6.04 Å². The molecule has 0 atom stereocenters. The van der Waals surface area contributed by atoms with Crippen molar-refractivity contribution in [2.45, 2.75) is 98.5 Å². The van der Waals surface area contributed by atoms with E-state index in [4.69, 9.17) is 13.3 Å². The normalized spacial score (nSPS) is 14.8. The molecule has 0 aliphatic carbocycles. The Kier molecular flexibility index (Phi) is 6.28. The second kappa shape index (κ2) is 6.25. The van der Waals surface area contributed by atoms with Crippen molar-refractivity contribution >= 4 is 8.80 Å². The molecule has 0 amide bonds. The molecule has 0 aromatic rings. The van der Waals surface area contributed by atoms with Crippen molar-refractivity contribution in [2.24, 2.45) is 0 Å². The highest BCUT2D eigenvalue weighted by Gasteiger charge is 2.49. The third kappa shape index (κ3) is 9.60.